The number of hydrogen-bond donors (Lipinski definition) is 1. The Morgan fingerprint density at radius 1 is 1.00 bits per heavy atom. The van der Waals surface area contributed by atoms with Crippen molar-refractivity contribution in [3.8, 4) is 5.75 Å². The molecule has 0 aliphatic heterocycles. The summed E-state index contributed by atoms with van der Waals surface area (Å²) in [6.07, 6.45) is 0. The summed E-state index contributed by atoms with van der Waals surface area (Å²) in [5, 5.41) is 2.89. The summed E-state index contributed by atoms with van der Waals surface area (Å²) in [6.45, 7) is 10.3. The van der Waals surface area contributed by atoms with Crippen molar-refractivity contribution in [1.29, 1.82) is 0 Å². The molecule has 2 aromatic rings. The molecule has 0 aromatic heterocycles. The first kappa shape index (κ1) is 17.1. The Balaban J connectivity index is 2.03. The van der Waals surface area contributed by atoms with Gasteiger partial charge >= 0.3 is 0 Å². The van der Waals surface area contributed by atoms with Crippen molar-refractivity contribution in [1.82, 2.24) is 0 Å². The number of carbonyl (C=O) groups is 1. The first-order valence-corrected chi connectivity index (χ1v) is 7.96. The monoisotopic (exact) mass is 311 g/mol. The summed E-state index contributed by atoms with van der Waals surface area (Å²) in [6, 6.07) is 12.1. The molecule has 3 nitrogen and oxygen atoms in total. The number of nitrogens with one attached hydrogen (secondary N) is 1. The van der Waals surface area contributed by atoms with Crippen LogP contribution in [0.2, 0.25) is 0 Å². The lowest BCUT2D eigenvalue weighted by Crippen LogP contribution is -2.20. The van der Waals surface area contributed by atoms with Gasteiger partial charge in [-0.15, -0.1) is 0 Å². The average molecular weight is 311 g/mol. The minimum atomic E-state index is -0.147. The predicted molar refractivity (Wildman–Crippen MR) is 95.3 cm³/mol. The number of rotatable bonds is 5. The Hall–Kier alpha value is -2.29. The van der Waals surface area contributed by atoms with Crippen LogP contribution in [0.3, 0.4) is 0 Å². The minimum Gasteiger partial charge on any atom is -0.483 e. The molecule has 1 amide bonds. The van der Waals surface area contributed by atoms with Crippen molar-refractivity contribution in [2.24, 2.45) is 0 Å². The molecule has 0 bridgehead atoms. The summed E-state index contributed by atoms with van der Waals surface area (Å²) in [4.78, 5) is 12.1. The van der Waals surface area contributed by atoms with Crippen LogP contribution in [0.25, 0.3) is 0 Å². The van der Waals surface area contributed by atoms with Crippen LogP contribution in [0, 0.1) is 20.8 Å². The highest BCUT2D eigenvalue weighted by Gasteiger charge is 2.10. The molecule has 122 valence electrons. The molecule has 0 aliphatic rings. The molecule has 23 heavy (non-hydrogen) atoms. The van der Waals surface area contributed by atoms with E-state index in [1.54, 1.807) is 0 Å². The second-order valence-corrected chi connectivity index (χ2v) is 6.41. The number of aryl methyl sites for hydroxylation is 3. The van der Waals surface area contributed by atoms with E-state index < -0.39 is 0 Å². The van der Waals surface area contributed by atoms with Gasteiger partial charge in [-0.05, 0) is 67.1 Å². The molecule has 0 aliphatic carbocycles. The fraction of sp³-hybridized carbons (Fsp3) is 0.350. The second kappa shape index (κ2) is 7.32. The molecule has 3 heteroatoms. The van der Waals surface area contributed by atoms with Crippen LogP contribution in [0.5, 0.6) is 5.75 Å². The van der Waals surface area contributed by atoms with E-state index in [1.165, 1.54) is 0 Å². The molecule has 1 N–H and O–H groups in total. The highest BCUT2D eigenvalue weighted by atomic mass is 16.5. The molecule has 0 saturated heterocycles. The zero-order valence-corrected chi connectivity index (χ0v) is 14.6. The first-order valence-electron chi connectivity index (χ1n) is 7.96. The largest absolute Gasteiger partial charge is 0.483 e. The normalized spacial score (nSPS) is 10.7. The zero-order chi connectivity index (χ0) is 17.0. The van der Waals surface area contributed by atoms with Gasteiger partial charge in [0.15, 0.2) is 6.61 Å². The van der Waals surface area contributed by atoms with Crippen molar-refractivity contribution in [2.45, 2.75) is 40.5 Å². The van der Waals surface area contributed by atoms with Gasteiger partial charge in [0.25, 0.3) is 5.91 Å². The number of ether oxygens (including phenoxy) is 1. The van der Waals surface area contributed by atoms with E-state index in [-0.39, 0.29) is 12.5 Å². The average Bonchev–Trinajstić information content (AvgIpc) is 2.43. The maximum absolute atomic E-state index is 12.1. The molecule has 2 rings (SSSR count). The zero-order valence-electron chi connectivity index (χ0n) is 14.6. The molecule has 0 atom stereocenters. The van der Waals surface area contributed by atoms with Gasteiger partial charge in [-0.3, -0.25) is 4.79 Å². The van der Waals surface area contributed by atoms with Crippen molar-refractivity contribution < 1.29 is 9.53 Å². The molecule has 0 spiro atoms. The molecular weight excluding hydrogens is 286 g/mol. The fourth-order valence-electron chi connectivity index (χ4n) is 2.63. The van der Waals surface area contributed by atoms with Gasteiger partial charge in [-0.25, -0.2) is 0 Å². The number of amides is 1. The Bertz CT molecular complexity index is 685. The van der Waals surface area contributed by atoms with Gasteiger partial charge in [-0.2, -0.15) is 0 Å². The van der Waals surface area contributed by atoms with Crippen molar-refractivity contribution in [3.63, 3.8) is 0 Å². The van der Waals surface area contributed by atoms with Gasteiger partial charge < -0.3 is 10.1 Å². The third-order valence-electron chi connectivity index (χ3n) is 3.66. The van der Waals surface area contributed by atoms with E-state index >= 15 is 0 Å². The van der Waals surface area contributed by atoms with Gasteiger partial charge in [0.2, 0.25) is 0 Å². The quantitative estimate of drug-likeness (QED) is 0.865. The van der Waals surface area contributed by atoms with Gasteiger partial charge in [0.05, 0.1) is 0 Å². The highest BCUT2D eigenvalue weighted by molar-refractivity contribution is 5.92. The second-order valence-electron chi connectivity index (χ2n) is 6.41. The van der Waals surface area contributed by atoms with Crippen LogP contribution in [-0.2, 0) is 4.79 Å². The maximum Gasteiger partial charge on any atom is 0.262 e. The molecule has 2 aromatic carbocycles. The highest BCUT2D eigenvalue weighted by Crippen LogP contribution is 2.27. The van der Waals surface area contributed by atoms with E-state index in [1.807, 2.05) is 39.0 Å². The van der Waals surface area contributed by atoms with Crippen LogP contribution >= 0.6 is 0 Å². The fourth-order valence-corrected chi connectivity index (χ4v) is 2.63. The van der Waals surface area contributed by atoms with Gasteiger partial charge in [-0.1, -0.05) is 32.0 Å². The van der Waals surface area contributed by atoms with Gasteiger partial charge in [0, 0.05) is 5.69 Å². The van der Waals surface area contributed by atoms with Crippen molar-refractivity contribution >= 4 is 11.6 Å². The Kier molecular flexibility index (Phi) is 5.43. The third kappa shape index (κ3) is 4.85. The first-order chi connectivity index (χ1) is 10.8. The molecule has 0 radical (unpaired) electrons. The lowest BCUT2D eigenvalue weighted by molar-refractivity contribution is -0.118. The summed E-state index contributed by atoms with van der Waals surface area (Å²) >= 11 is 0. The standard InChI is InChI=1S/C20H25NO2/c1-13(2)18-7-6-14(3)11-19(18)23-12-20(22)21-17-9-15(4)8-16(5)10-17/h6-11,13H,12H2,1-5H3,(H,21,22). The number of carbonyl (C=O) groups excluding carboxylic acids is 1. The Morgan fingerprint density at radius 2 is 1.65 bits per heavy atom. The van der Waals surface area contributed by atoms with Crippen LogP contribution in [0.1, 0.15) is 42.0 Å². The van der Waals surface area contributed by atoms with E-state index in [0.29, 0.717) is 5.92 Å². The van der Waals surface area contributed by atoms with E-state index in [4.69, 9.17) is 4.74 Å². The minimum absolute atomic E-state index is 0.0101. The molecular formula is C20H25NO2. The number of benzene rings is 2. The Morgan fingerprint density at radius 3 is 2.26 bits per heavy atom. The lowest BCUT2D eigenvalue weighted by atomic mass is 10.0. The van der Waals surface area contributed by atoms with Crippen LogP contribution in [-0.4, -0.2) is 12.5 Å². The molecule has 0 unspecified atom stereocenters. The smallest absolute Gasteiger partial charge is 0.262 e. The van der Waals surface area contributed by atoms with Gasteiger partial charge in [0.1, 0.15) is 5.75 Å². The molecule has 0 fully saturated rings. The number of anilines is 1. The SMILES string of the molecule is Cc1cc(C)cc(NC(=O)COc2cc(C)ccc2C(C)C)c1. The number of hydrogen-bond acceptors (Lipinski definition) is 2. The summed E-state index contributed by atoms with van der Waals surface area (Å²) in [5.74, 6) is 0.995. The van der Waals surface area contributed by atoms with Crippen molar-refractivity contribution in [3.05, 3.63) is 58.7 Å². The molecule has 0 heterocycles. The summed E-state index contributed by atoms with van der Waals surface area (Å²) < 4.78 is 5.76. The van der Waals surface area contributed by atoms with E-state index in [0.717, 1.165) is 33.7 Å². The molecule has 0 saturated carbocycles. The van der Waals surface area contributed by atoms with Crippen LogP contribution in [0.15, 0.2) is 36.4 Å². The van der Waals surface area contributed by atoms with Crippen molar-refractivity contribution in [2.75, 3.05) is 11.9 Å². The third-order valence-corrected chi connectivity index (χ3v) is 3.66. The van der Waals surface area contributed by atoms with Crippen LogP contribution in [0.4, 0.5) is 5.69 Å². The van der Waals surface area contributed by atoms with E-state index in [9.17, 15) is 4.79 Å². The topological polar surface area (TPSA) is 38.3 Å². The van der Waals surface area contributed by atoms with E-state index in [2.05, 4.69) is 37.4 Å². The lowest BCUT2D eigenvalue weighted by Gasteiger charge is -2.15. The summed E-state index contributed by atoms with van der Waals surface area (Å²) in [7, 11) is 0. The Labute approximate surface area is 138 Å². The predicted octanol–water partition coefficient (Wildman–Crippen LogP) is 4.75. The maximum atomic E-state index is 12.1. The van der Waals surface area contributed by atoms with Crippen LogP contribution < -0.4 is 10.1 Å². The summed E-state index contributed by atoms with van der Waals surface area (Å²) in [5.41, 5.74) is 5.31.